The minimum absolute atomic E-state index is 0.146. The first kappa shape index (κ1) is 24.2. The van der Waals surface area contributed by atoms with Crippen molar-refractivity contribution in [1.29, 1.82) is 0 Å². The number of benzene rings is 2. The van der Waals surface area contributed by atoms with Crippen LogP contribution in [0.25, 0.3) is 22.2 Å². The molecule has 1 atom stereocenters. The zero-order chi connectivity index (χ0) is 25.1. The van der Waals surface area contributed by atoms with Crippen LogP contribution in [0.15, 0.2) is 59.6 Å². The molecule has 188 valence electrons. The Bertz CT molecular complexity index is 1470. The SMILES string of the molecule is COc1ccc(F)c(S(=O)(=O)Nc2ccc(-c3cc4[nH]ncc4c(CCC4CNCCO4)n3)cc2)c1. The summed E-state index contributed by atoms with van der Waals surface area (Å²) < 4.78 is 53.0. The summed E-state index contributed by atoms with van der Waals surface area (Å²) in [6.07, 6.45) is 3.50. The van der Waals surface area contributed by atoms with Gasteiger partial charge in [-0.25, -0.2) is 12.8 Å². The van der Waals surface area contributed by atoms with E-state index in [0.29, 0.717) is 12.3 Å². The number of methoxy groups -OCH3 is 1. The first-order valence-corrected chi connectivity index (χ1v) is 13.0. The average molecular weight is 512 g/mol. The Hall–Kier alpha value is -3.54. The van der Waals surface area contributed by atoms with Crippen LogP contribution in [0, 0.1) is 5.82 Å². The summed E-state index contributed by atoms with van der Waals surface area (Å²) in [5.74, 6) is -0.617. The molecule has 0 saturated carbocycles. The van der Waals surface area contributed by atoms with Crippen molar-refractivity contribution in [3.8, 4) is 17.0 Å². The van der Waals surface area contributed by atoms with E-state index in [1.807, 2.05) is 6.07 Å². The number of fused-ring (bicyclic) bond motifs is 1. The van der Waals surface area contributed by atoms with Crippen LogP contribution in [0.1, 0.15) is 12.1 Å². The van der Waals surface area contributed by atoms with Crippen molar-refractivity contribution in [3.05, 3.63) is 66.2 Å². The number of nitrogens with one attached hydrogen (secondary N) is 3. The van der Waals surface area contributed by atoms with Crippen LogP contribution in [0.4, 0.5) is 10.1 Å². The second-order valence-electron chi connectivity index (χ2n) is 8.50. The molecule has 0 bridgehead atoms. The predicted molar refractivity (Wildman–Crippen MR) is 134 cm³/mol. The summed E-state index contributed by atoms with van der Waals surface area (Å²) >= 11 is 0. The van der Waals surface area contributed by atoms with Crippen molar-refractivity contribution < 1.29 is 22.3 Å². The number of sulfonamides is 1. The lowest BCUT2D eigenvalue weighted by Gasteiger charge is -2.23. The quantitative estimate of drug-likeness (QED) is 0.331. The van der Waals surface area contributed by atoms with Gasteiger partial charge in [-0.15, -0.1) is 0 Å². The molecule has 5 rings (SSSR count). The highest BCUT2D eigenvalue weighted by atomic mass is 32.2. The van der Waals surface area contributed by atoms with Gasteiger partial charge in [-0.1, -0.05) is 12.1 Å². The first-order valence-electron chi connectivity index (χ1n) is 11.5. The molecule has 0 aliphatic carbocycles. The highest BCUT2D eigenvalue weighted by Gasteiger charge is 2.21. The maximum atomic E-state index is 14.2. The van der Waals surface area contributed by atoms with Gasteiger partial charge in [0.2, 0.25) is 0 Å². The lowest BCUT2D eigenvalue weighted by atomic mass is 10.0. The van der Waals surface area contributed by atoms with Crippen LogP contribution < -0.4 is 14.8 Å². The molecule has 0 spiro atoms. The third kappa shape index (κ3) is 5.18. The van der Waals surface area contributed by atoms with E-state index < -0.39 is 20.7 Å². The number of hydrogen-bond donors (Lipinski definition) is 3. The summed E-state index contributed by atoms with van der Waals surface area (Å²) in [4.78, 5) is 4.39. The van der Waals surface area contributed by atoms with Crippen molar-refractivity contribution in [1.82, 2.24) is 20.5 Å². The topological polar surface area (TPSA) is 118 Å². The molecule has 0 radical (unpaired) electrons. The second kappa shape index (κ2) is 10.2. The van der Waals surface area contributed by atoms with Gasteiger partial charge in [0.25, 0.3) is 10.0 Å². The second-order valence-corrected chi connectivity index (χ2v) is 10.2. The molecule has 1 aliphatic rings. The molecule has 1 saturated heterocycles. The molecule has 3 heterocycles. The molecule has 11 heteroatoms. The predicted octanol–water partition coefficient (Wildman–Crippen LogP) is 3.49. The fraction of sp³-hybridized carbons (Fsp3) is 0.280. The summed E-state index contributed by atoms with van der Waals surface area (Å²) in [5, 5.41) is 11.5. The first-order chi connectivity index (χ1) is 17.4. The molecule has 0 amide bonds. The third-order valence-corrected chi connectivity index (χ3v) is 7.48. The third-order valence-electron chi connectivity index (χ3n) is 6.08. The van der Waals surface area contributed by atoms with Crippen LogP contribution in [0.2, 0.25) is 0 Å². The average Bonchev–Trinajstić information content (AvgIpc) is 3.37. The van der Waals surface area contributed by atoms with Gasteiger partial charge < -0.3 is 14.8 Å². The molecular formula is C25H26FN5O4S. The van der Waals surface area contributed by atoms with Gasteiger partial charge in [0.15, 0.2) is 0 Å². The van der Waals surface area contributed by atoms with Gasteiger partial charge >= 0.3 is 0 Å². The summed E-state index contributed by atoms with van der Waals surface area (Å²) in [7, 11) is -2.77. The summed E-state index contributed by atoms with van der Waals surface area (Å²) in [6, 6.07) is 12.2. The minimum Gasteiger partial charge on any atom is -0.497 e. The van der Waals surface area contributed by atoms with E-state index in [4.69, 9.17) is 14.5 Å². The van der Waals surface area contributed by atoms with Crippen molar-refractivity contribution in [2.75, 3.05) is 31.5 Å². The highest BCUT2D eigenvalue weighted by Crippen LogP contribution is 2.28. The van der Waals surface area contributed by atoms with Crippen LogP contribution >= 0.6 is 0 Å². The smallest absolute Gasteiger partial charge is 0.264 e. The lowest BCUT2D eigenvalue weighted by Crippen LogP contribution is -2.38. The van der Waals surface area contributed by atoms with Crippen LogP contribution in [0.5, 0.6) is 5.75 Å². The van der Waals surface area contributed by atoms with Gasteiger partial charge in [-0.05, 0) is 43.2 Å². The molecule has 1 fully saturated rings. The van der Waals surface area contributed by atoms with E-state index in [2.05, 4.69) is 20.2 Å². The zero-order valence-corrected chi connectivity index (χ0v) is 20.4. The number of morpholine rings is 1. The molecule has 36 heavy (non-hydrogen) atoms. The van der Waals surface area contributed by atoms with Crippen LogP contribution in [-0.2, 0) is 21.2 Å². The number of halogens is 1. The molecule has 2 aromatic heterocycles. The maximum Gasteiger partial charge on any atom is 0.264 e. The normalized spacial score (nSPS) is 16.2. The number of pyridine rings is 1. The van der Waals surface area contributed by atoms with E-state index in [-0.39, 0.29) is 11.9 Å². The van der Waals surface area contributed by atoms with Gasteiger partial charge in [-0.2, -0.15) is 5.10 Å². The van der Waals surface area contributed by atoms with Crippen molar-refractivity contribution in [3.63, 3.8) is 0 Å². The van der Waals surface area contributed by atoms with Crippen LogP contribution in [-0.4, -0.2) is 56.5 Å². The summed E-state index contributed by atoms with van der Waals surface area (Å²) in [5.41, 5.74) is 3.63. The molecule has 1 aliphatic heterocycles. The Morgan fingerprint density at radius 2 is 2.03 bits per heavy atom. The number of aromatic nitrogens is 3. The Kier molecular flexibility index (Phi) is 6.86. The Morgan fingerprint density at radius 3 is 2.78 bits per heavy atom. The molecular weight excluding hydrogens is 485 g/mol. The number of anilines is 1. The number of aromatic amines is 1. The number of H-pyrrole nitrogens is 1. The number of aryl methyl sites for hydroxylation is 1. The molecule has 1 unspecified atom stereocenters. The van der Waals surface area contributed by atoms with E-state index in [1.54, 1.807) is 30.5 Å². The fourth-order valence-electron chi connectivity index (χ4n) is 4.19. The van der Waals surface area contributed by atoms with E-state index in [1.165, 1.54) is 13.2 Å². The van der Waals surface area contributed by atoms with Gasteiger partial charge in [-0.3, -0.25) is 14.8 Å². The zero-order valence-electron chi connectivity index (χ0n) is 19.6. The van der Waals surface area contributed by atoms with E-state index in [9.17, 15) is 12.8 Å². The number of hydrogen-bond acceptors (Lipinski definition) is 7. The lowest BCUT2D eigenvalue weighted by molar-refractivity contribution is 0.0237. The van der Waals surface area contributed by atoms with Crippen molar-refractivity contribution in [2.24, 2.45) is 0 Å². The van der Waals surface area contributed by atoms with Gasteiger partial charge in [0.05, 0.1) is 42.9 Å². The fourth-order valence-corrected chi connectivity index (χ4v) is 5.34. The molecule has 3 N–H and O–H groups in total. The van der Waals surface area contributed by atoms with Gasteiger partial charge in [0.1, 0.15) is 16.5 Å². The molecule has 4 aromatic rings. The minimum atomic E-state index is -4.15. The number of ether oxygens (including phenoxy) is 2. The standard InChI is InChI=1S/C25H26FN5O4S/c1-34-18-6-8-21(26)25(12-18)36(32,33)31-17-4-2-16(3-5-17)23-13-24-20(15-28-30-24)22(29-23)9-7-19-14-27-10-11-35-19/h2-6,8,12-13,15,19,27,31H,7,9-11,14H2,1H3,(H,28,30). The van der Waals surface area contributed by atoms with Crippen molar-refractivity contribution >= 4 is 26.6 Å². The largest absolute Gasteiger partial charge is 0.497 e. The number of rotatable bonds is 8. The Morgan fingerprint density at radius 1 is 1.19 bits per heavy atom. The Labute approximate surface area is 208 Å². The van der Waals surface area contributed by atoms with Crippen molar-refractivity contribution in [2.45, 2.75) is 23.8 Å². The maximum absolute atomic E-state index is 14.2. The van der Waals surface area contributed by atoms with Crippen LogP contribution in [0.3, 0.4) is 0 Å². The van der Waals surface area contributed by atoms with E-state index >= 15 is 0 Å². The highest BCUT2D eigenvalue weighted by molar-refractivity contribution is 7.92. The molecule has 2 aromatic carbocycles. The monoisotopic (exact) mass is 511 g/mol. The Balaban J connectivity index is 1.37. The van der Waals surface area contributed by atoms with Gasteiger partial charge in [0, 0.05) is 35.8 Å². The van der Waals surface area contributed by atoms with E-state index in [0.717, 1.165) is 65.9 Å². The molecule has 9 nitrogen and oxygen atoms in total. The number of nitrogens with zero attached hydrogens (tertiary/aromatic N) is 2. The summed E-state index contributed by atoms with van der Waals surface area (Å²) in [6.45, 7) is 2.40.